The summed E-state index contributed by atoms with van der Waals surface area (Å²) in [6.07, 6.45) is 4.28. The SMILES string of the molecule is COc1ccc(Cl)c2sc(N(Cc3cccnc3)C(=O)c3ccc(Cc4ccccc4)cc3)nc12. The van der Waals surface area contributed by atoms with Crippen molar-refractivity contribution in [3.05, 3.63) is 119 Å². The molecule has 0 bridgehead atoms. The van der Waals surface area contributed by atoms with Crippen LogP contribution in [0.3, 0.4) is 0 Å². The maximum absolute atomic E-state index is 13.7. The zero-order chi connectivity index (χ0) is 24.2. The molecule has 0 spiro atoms. The summed E-state index contributed by atoms with van der Waals surface area (Å²) in [5, 5.41) is 1.12. The molecule has 3 aromatic carbocycles. The Labute approximate surface area is 212 Å². The van der Waals surface area contributed by atoms with E-state index in [1.807, 2.05) is 54.6 Å². The molecule has 2 aromatic heterocycles. The van der Waals surface area contributed by atoms with Crippen LogP contribution in [-0.4, -0.2) is 23.0 Å². The van der Waals surface area contributed by atoms with Gasteiger partial charge in [-0.05, 0) is 53.4 Å². The Morgan fingerprint density at radius 1 is 0.943 bits per heavy atom. The number of halogens is 1. The van der Waals surface area contributed by atoms with E-state index in [1.54, 1.807) is 36.5 Å². The first kappa shape index (κ1) is 23.0. The van der Waals surface area contributed by atoms with Crippen LogP contribution in [0.5, 0.6) is 5.75 Å². The van der Waals surface area contributed by atoms with E-state index in [1.165, 1.54) is 16.9 Å². The molecule has 0 aliphatic heterocycles. The van der Waals surface area contributed by atoms with E-state index in [4.69, 9.17) is 21.3 Å². The Bertz CT molecular complexity index is 1450. The number of benzene rings is 3. The topological polar surface area (TPSA) is 55.3 Å². The molecule has 174 valence electrons. The summed E-state index contributed by atoms with van der Waals surface area (Å²) in [6.45, 7) is 0.332. The number of anilines is 1. The average molecular weight is 500 g/mol. The zero-order valence-corrected chi connectivity index (χ0v) is 20.6. The molecule has 0 unspecified atom stereocenters. The van der Waals surface area contributed by atoms with Crippen molar-refractivity contribution in [1.82, 2.24) is 9.97 Å². The van der Waals surface area contributed by atoms with Gasteiger partial charge in [0.2, 0.25) is 0 Å². The van der Waals surface area contributed by atoms with E-state index >= 15 is 0 Å². The van der Waals surface area contributed by atoms with Crippen LogP contribution in [0.25, 0.3) is 10.2 Å². The number of hydrogen-bond donors (Lipinski definition) is 0. The first-order valence-electron chi connectivity index (χ1n) is 11.1. The van der Waals surface area contributed by atoms with Gasteiger partial charge in [-0.2, -0.15) is 0 Å². The van der Waals surface area contributed by atoms with Crippen molar-refractivity contribution in [1.29, 1.82) is 0 Å². The van der Waals surface area contributed by atoms with Crippen LogP contribution in [0.2, 0.25) is 5.02 Å². The minimum Gasteiger partial charge on any atom is -0.494 e. The highest BCUT2D eigenvalue weighted by atomic mass is 35.5. The van der Waals surface area contributed by atoms with E-state index in [0.717, 1.165) is 22.2 Å². The fourth-order valence-corrected chi connectivity index (χ4v) is 5.13. The normalized spacial score (nSPS) is 10.9. The Morgan fingerprint density at radius 2 is 1.69 bits per heavy atom. The largest absolute Gasteiger partial charge is 0.494 e. The molecule has 0 radical (unpaired) electrons. The number of pyridine rings is 1. The summed E-state index contributed by atoms with van der Waals surface area (Å²) >= 11 is 7.82. The number of aromatic nitrogens is 2. The van der Waals surface area contributed by atoms with Crippen LogP contribution in [0, 0.1) is 0 Å². The number of amides is 1. The van der Waals surface area contributed by atoms with Crippen LogP contribution in [0.4, 0.5) is 5.13 Å². The molecule has 5 rings (SSSR count). The number of methoxy groups -OCH3 is 1. The molecular weight excluding hydrogens is 478 g/mol. The summed E-state index contributed by atoms with van der Waals surface area (Å²) in [6, 6.07) is 25.4. The van der Waals surface area contributed by atoms with Crippen LogP contribution < -0.4 is 9.64 Å². The van der Waals surface area contributed by atoms with E-state index < -0.39 is 0 Å². The molecule has 0 saturated heterocycles. The molecular formula is C28H22ClN3O2S. The second kappa shape index (κ2) is 10.3. The highest BCUT2D eigenvalue weighted by molar-refractivity contribution is 7.23. The van der Waals surface area contributed by atoms with Gasteiger partial charge in [0.25, 0.3) is 5.91 Å². The van der Waals surface area contributed by atoms with Crippen LogP contribution in [0.1, 0.15) is 27.0 Å². The molecule has 0 N–H and O–H groups in total. The average Bonchev–Trinajstić information content (AvgIpc) is 3.35. The molecule has 1 amide bonds. The first-order valence-corrected chi connectivity index (χ1v) is 12.3. The number of ether oxygens (including phenoxy) is 1. The van der Waals surface area contributed by atoms with Gasteiger partial charge in [0, 0.05) is 18.0 Å². The van der Waals surface area contributed by atoms with Crippen LogP contribution >= 0.6 is 22.9 Å². The molecule has 0 aliphatic rings. The van der Waals surface area contributed by atoms with E-state index in [0.29, 0.717) is 33.5 Å². The second-order valence-electron chi connectivity index (χ2n) is 8.04. The maximum atomic E-state index is 13.7. The monoisotopic (exact) mass is 499 g/mol. The predicted molar refractivity (Wildman–Crippen MR) is 142 cm³/mol. The van der Waals surface area contributed by atoms with Gasteiger partial charge in [0.05, 0.1) is 23.4 Å². The van der Waals surface area contributed by atoms with Crippen molar-refractivity contribution in [2.24, 2.45) is 0 Å². The molecule has 35 heavy (non-hydrogen) atoms. The van der Waals surface area contributed by atoms with Crippen molar-refractivity contribution in [2.45, 2.75) is 13.0 Å². The van der Waals surface area contributed by atoms with Crippen LogP contribution in [0.15, 0.2) is 91.3 Å². The third kappa shape index (κ3) is 5.04. The fourth-order valence-electron chi connectivity index (χ4n) is 3.87. The maximum Gasteiger partial charge on any atom is 0.260 e. The van der Waals surface area contributed by atoms with Crippen molar-refractivity contribution in [3.63, 3.8) is 0 Å². The molecule has 5 nitrogen and oxygen atoms in total. The zero-order valence-electron chi connectivity index (χ0n) is 19.0. The standard InChI is InChI=1S/C28H22ClN3O2S/c1-34-24-14-13-23(29)26-25(24)31-28(35-26)32(18-21-8-5-15-30-17-21)27(33)22-11-9-20(10-12-22)16-19-6-3-2-4-7-19/h2-15,17H,16,18H2,1H3. The quantitative estimate of drug-likeness (QED) is 0.247. The van der Waals surface area contributed by atoms with Gasteiger partial charge < -0.3 is 4.74 Å². The Morgan fingerprint density at radius 3 is 2.40 bits per heavy atom. The second-order valence-corrected chi connectivity index (χ2v) is 9.42. The lowest BCUT2D eigenvalue weighted by Gasteiger charge is -2.20. The summed E-state index contributed by atoms with van der Waals surface area (Å²) < 4.78 is 6.25. The predicted octanol–water partition coefficient (Wildman–Crippen LogP) is 6.79. The highest BCUT2D eigenvalue weighted by Crippen LogP contribution is 2.39. The van der Waals surface area contributed by atoms with Gasteiger partial charge in [-0.25, -0.2) is 4.98 Å². The van der Waals surface area contributed by atoms with Crippen LogP contribution in [-0.2, 0) is 13.0 Å². The Kier molecular flexibility index (Phi) is 6.75. The summed E-state index contributed by atoms with van der Waals surface area (Å²) in [5.74, 6) is 0.472. The number of carbonyl (C=O) groups excluding carboxylic acids is 1. The summed E-state index contributed by atoms with van der Waals surface area (Å²) in [5.41, 5.74) is 4.50. The Hall–Kier alpha value is -3.74. The van der Waals surface area contributed by atoms with Gasteiger partial charge in [-0.1, -0.05) is 71.5 Å². The molecule has 0 saturated carbocycles. The number of rotatable bonds is 7. The van der Waals surface area contributed by atoms with Crippen molar-refractivity contribution < 1.29 is 9.53 Å². The van der Waals surface area contributed by atoms with Crippen molar-refractivity contribution >= 4 is 44.2 Å². The summed E-state index contributed by atoms with van der Waals surface area (Å²) in [7, 11) is 1.59. The lowest BCUT2D eigenvalue weighted by Crippen LogP contribution is -2.30. The molecule has 2 heterocycles. The third-order valence-electron chi connectivity index (χ3n) is 5.66. The number of hydrogen-bond acceptors (Lipinski definition) is 5. The number of fused-ring (bicyclic) bond motifs is 1. The lowest BCUT2D eigenvalue weighted by molar-refractivity contribution is 0.0985. The van der Waals surface area contributed by atoms with E-state index in [-0.39, 0.29) is 5.91 Å². The molecule has 0 atom stereocenters. The molecule has 7 heteroatoms. The first-order chi connectivity index (χ1) is 17.1. The van der Waals surface area contributed by atoms with Gasteiger partial charge in [-0.15, -0.1) is 0 Å². The summed E-state index contributed by atoms with van der Waals surface area (Å²) in [4.78, 5) is 24.4. The molecule has 0 aliphatic carbocycles. The van der Waals surface area contributed by atoms with Gasteiger partial charge >= 0.3 is 0 Å². The number of nitrogens with zero attached hydrogens (tertiary/aromatic N) is 3. The van der Waals surface area contributed by atoms with Crippen molar-refractivity contribution in [3.8, 4) is 5.75 Å². The molecule has 0 fully saturated rings. The van der Waals surface area contributed by atoms with Gasteiger partial charge in [0.1, 0.15) is 11.3 Å². The third-order valence-corrected chi connectivity index (χ3v) is 7.20. The van der Waals surface area contributed by atoms with Gasteiger partial charge in [-0.3, -0.25) is 14.7 Å². The van der Waals surface area contributed by atoms with E-state index in [2.05, 4.69) is 17.1 Å². The van der Waals surface area contributed by atoms with E-state index in [9.17, 15) is 4.79 Å². The smallest absolute Gasteiger partial charge is 0.260 e. The highest BCUT2D eigenvalue weighted by Gasteiger charge is 2.23. The molecule has 5 aromatic rings. The van der Waals surface area contributed by atoms with Gasteiger partial charge in [0.15, 0.2) is 5.13 Å². The fraction of sp³-hybridized carbons (Fsp3) is 0.107. The Balaban J connectivity index is 1.49. The lowest BCUT2D eigenvalue weighted by atomic mass is 10.0. The number of carbonyl (C=O) groups is 1. The number of thiazole rings is 1. The minimum atomic E-state index is -0.144. The van der Waals surface area contributed by atoms with Crippen molar-refractivity contribution in [2.75, 3.05) is 12.0 Å². The minimum absolute atomic E-state index is 0.144.